The van der Waals surface area contributed by atoms with Crippen LogP contribution in [0, 0.1) is 11.3 Å². The Balaban J connectivity index is 1.45. The zero-order valence-electron chi connectivity index (χ0n) is 17.3. The van der Waals surface area contributed by atoms with Gasteiger partial charge in [-0.25, -0.2) is 4.79 Å². The quantitative estimate of drug-likeness (QED) is 0.753. The summed E-state index contributed by atoms with van der Waals surface area (Å²) in [6.07, 6.45) is 0.644. The van der Waals surface area contributed by atoms with E-state index in [1.54, 1.807) is 12.1 Å². The third-order valence-corrected chi connectivity index (χ3v) is 5.59. The van der Waals surface area contributed by atoms with Crippen LogP contribution in [0.15, 0.2) is 30.3 Å². The van der Waals surface area contributed by atoms with Crippen LogP contribution in [0.3, 0.4) is 0 Å². The van der Waals surface area contributed by atoms with Gasteiger partial charge < -0.3 is 20.1 Å². The number of nitrogens with one attached hydrogen (secondary N) is 2. The SMILES string of the molecule is COc1nc(NC(=O)[C@@H]2Cc3ccc(C#N)cc3CN2C)ccc1C[C@H]1COC(=O)N1. The minimum atomic E-state index is -0.428. The molecule has 2 N–H and O–H groups in total. The van der Waals surface area contributed by atoms with Gasteiger partial charge in [0.05, 0.1) is 30.8 Å². The fraction of sp³-hybridized carbons (Fsp3) is 0.364. The van der Waals surface area contributed by atoms with Crippen molar-refractivity contribution in [2.24, 2.45) is 0 Å². The average Bonchev–Trinajstić information content (AvgIpc) is 3.18. The Morgan fingerprint density at radius 1 is 1.39 bits per heavy atom. The number of aromatic nitrogens is 1. The van der Waals surface area contributed by atoms with E-state index in [0.29, 0.717) is 43.3 Å². The van der Waals surface area contributed by atoms with Gasteiger partial charge in [0.1, 0.15) is 12.4 Å². The minimum Gasteiger partial charge on any atom is -0.481 e. The van der Waals surface area contributed by atoms with E-state index in [1.807, 2.05) is 30.1 Å². The van der Waals surface area contributed by atoms with Crippen molar-refractivity contribution in [1.82, 2.24) is 15.2 Å². The van der Waals surface area contributed by atoms with Crippen molar-refractivity contribution < 1.29 is 19.1 Å². The van der Waals surface area contributed by atoms with Crippen LogP contribution in [-0.2, 0) is 28.9 Å². The Morgan fingerprint density at radius 2 is 2.23 bits per heavy atom. The maximum absolute atomic E-state index is 13.0. The van der Waals surface area contributed by atoms with Crippen LogP contribution in [0.1, 0.15) is 22.3 Å². The summed E-state index contributed by atoms with van der Waals surface area (Å²) < 4.78 is 10.3. The molecular formula is C22H23N5O4. The van der Waals surface area contributed by atoms with Crippen molar-refractivity contribution in [3.8, 4) is 11.9 Å². The predicted molar refractivity (Wildman–Crippen MR) is 112 cm³/mol. The van der Waals surface area contributed by atoms with Crippen molar-refractivity contribution in [1.29, 1.82) is 5.26 Å². The van der Waals surface area contributed by atoms with Crippen LogP contribution in [-0.4, -0.2) is 54.7 Å². The molecule has 1 fully saturated rings. The fourth-order valence-corrected chi connectivity index (χ4v) is 3.96. The molecule has 2 aliphatic rings. The molecule has 2 aliphatic heterocycles. The second-order valence-corrected chi connectivity index (χ2v) is 7.73. The maximum atomic E-state index is 13.0. The number of fused-ring (bicyclic) bond motifs is 1. The number of pyridine rings is 1. The first-order valence-corrected chi connectivity index (χ1v) is 9.97. The molecule has 2 amide bonds. The van der Waals surface area contributed by atoms with Crippen molar-refractivity contribution in [2.45, 2.75) is 31.5 Å². The Labute approximate surface area is 180 Å². The number of carbonyl (C=O) groups is 2. The van der Waals surface area contributed by atoms with Crippen molar-refractivity contribution in [3.63, 3.8) is 0 Å². The van der Waals surface area contributed by atoms with E-state index < -0.39 is 6.09 Å². The molecule has 0 spiro atoms. The molecule has 4 rings (SSSR count). The van der Waals surface area contributed by atoms with Gasteiger partial charge in [-0.2, -0.15) is 10.2 Å². The Kier molecular flexibility index (Phi) is 5.73. The Hall–Kier alpha value is -3.64. The lowest BCUT2D eigenvalue weighted by Crippen LogP contribution is -2.46. The molecule has 0 radical (unpaired) electrons. The zero-order valence-corrected chi connectivity index (χ0v) is 17.3. The van der Waals surface area contributed by atoms with Gasteiger partial charge in [0, 0.05) is 18.5 Å². The molecule has 31 heavy (non-hydrogen) atoms. The highest BCUT2D eigenvalue weighted by Gasteiger charge is 2.30. The molecule has 2 aromatic rings. The smallest absolute Gasteiger partial charge is 0.407 e. The van der Waals surface area contributed by atoms with Gasteiger partial charge in [-0.05, 0) is 48.9 Å². The summed E-state index contributed by atoms with van der Waals surface area (Å²) >= 11 is 0. The number of methoxy groups -OCH3 is 1. The Bertz CT molecular complexity index is 1060. The number of hydrogen-bond donors (Lipinski definition) is 2. The number of cyclic esters (lactones) is 1. The second kappa shape index (κ2) is 8.62. The van der Waals surface area contributed by atoms with Gasteiger partial charge >= 0.3 is 6.09 Å². The normalized spacial score (nSPS) is 20.2. The first-order valence-electron chi connectivity index (χ1n) is 9.97. The summed E-state index contributed by atoms with van der Waals surface area (Å²) in [6.45, 7) is 0.889. The molecule has 160 valence electrons. The molecule has 0 saturated carbocycles. The highest BCUT2D eigenvalue weighted by Crippen LogP contribution is 2.25. The second-order valence-electron chi connectivity index (χ2n) is 7.73. The molecule has 2 atom stereocenters. The number of nitriles is 1. The summed E-state index contributed by atoms with van der Waals surface area (Å²) in [5.41, 5.74) is 3.57. The van der Waals surface area contributed by atoms with Gasteiger partial charge in [-0.3, -0.25) is 9.69 Å². The number of benzene rings is 1. The lowest BCUT2D eigenvalue weighted by atomic mass is 9.92. The number of anilines is 1. The highest BCUT2D eigenvalue weighted by molar-refractivity contribution is 5.94. The summed E-state index contributed by atoms with van der Waals surface area (Å²) in [7, 11) is 3.41. The number of likely N-dealkylation sites (N-methyl/N-ethyl adjacent to an activating group) is 1. The number of nitrogens with zero attached hydrogens (tertiary/aromatic N) is 3. The number of amides is 2. The van der Waals surface area contributed by atoms with E-state index in [0.717, 1.165) is 16.7 Å². The molecular weight excluding hydrogens is 398 g/mol. The van der Waals surface area contributed by atoms with Crippen molar-refractivity contribution in [3.05, 3.63) is 52.6 Å². The van der Waals surface area contributed by atoms with Crippen LogP contribution in [0.5, 0.6) is 5.88 Å². The fourth-order valence-electron chi connectivity index (χ4n) is 3.96. The van der Waals surface area contributed by atoms with Crippen LogP contribution < -0.4 is 15.4 Å². The standard InChI is InChI=1S/C22H23N5O4/c1-27-11-16-7-13(10-23)3-4-14(16)9-18(27)20(28)25-19-6-5-15(21(26-19)30-2)8-17-12-31-22(29)24-17/h3-7,17-18H,8-9,11-12H2,1-2H3,(H,24,29)(H,25,26,28)/t17-,18-/m0/s1. The first kappa shape index (κ1) is 20.6. The van der Waals surface area contributed by atoms with E-state index in [4.69, 9.17) is 14.7 Å². The molecule has 1 saturated heterocycles. The van der Waals surface area contributed by atoms with Gasteiger partial charge in [-0.1, -0.05) is 6.07 Å². The van der Waals surface area contributed by atoms with Gasteiger partial charge in [0.2, 0.25) is 11.8 Å². The average molecular weight is 421 g/mol. The van der Waals surface area contributed by atoms with Crippen LogP contribution in [0.25, 0.3) is 0 Å². The minimum absolute atomic E-state index is 0.138. The maximum Gasteiger partial charge on any atom is 0.407 e. The summed E-state index contributed by atoms with van der Waals surface area (Å²) in [5.74, 6) is 0.637. The highest BCUT2D eigenvalue weighted by atomic mass is 16.6. The first-order chi connectivity index (χ1) is 15.0. The van der Waals surface area contributed by atoms with E-state index in [2.05, 4.69) is 21.7 Å². The van der Waals surface area contributed by atoms with Gasteiger partial charge in [0.15, 0.2) is 0 Å². The van der Waals surface area contributed by atoms with E-state index >= 15 is 0 Å². The van der Waals surface area contributed by atoms with Crippen LogP contribution in [0.2, 0.25) is 0 Å². The molecule has 3 heterocycles. The molecule has 1 aromatic carbocycles. The zero-order chi connectivity index (χ0) is 22.0. The van der Waals surface area contributed by atoms with E-state index in [-0.39, 0.29) is 18.0 Å². The number of ether oxygens (including phenoxy) is 2. The molecule has 0 aliphatic carbocycles. The monoisotopic (exact) mass is 421 g/mol. The molecule has 0 bridgehead atoms. The number of hydrogen-bond acceptors (Lipinski definition) is 7. The van der Waals surface area contributed by atoms with Crippen molar-refractivity contribution in [2.75, 3.05) is 26.1 Å². The van der Waals surface area contributed by atoms with E-state index in [1.165, 1.54) is 7.11 Å². The molecule has 9 heteroatoms. The van der Waals surface area contributed by atoms with Crippen LogP contribution >= 0.6 is 0 Å². The number of alkyl carbamates (subject to hydrolysis) is 1. The van der Waals surface area contributed by atoms with Gasteiger partial charge in [0.25, 0.3) is 0 Å². The summed E-state index contributed by atoms with van der Waals surface area (Å²) in [4.78, 5) is 30.6. The summed E-state index contributed by atoms with van der Waals surface area (Å²) in [5, 5.41) is 14.7. The topological polar surface area (TPSA) is 117 Å². The third kappa shape index (κ3) is 4.44. The largest absolute Gasteiger partial charge is 0.481 e. The molecule has 0 unspecified atom stereocenters. The van der Waals surface area contributed by atoms with E-state index in [9.17, 15) is 9.59 Å². The number of rotatable bonds is 5. The summed E-state index contributed by atoms with van der Waals surface area (Å²) in [6, 6.07) is 10.8. The molecule has 9 nitrogen and oxygen atoms in total. The Morgan fingerprint density at radius 3 is 2.94 bits per heavy atom. The van der Waals surface area contributed by atoms with Crippen molar-refractivity contribution >= 4 is 17.8 Å². The predicted octanol–water partition coefficient (Wildman–Crippen LogP) is 1.61. The third-order valence-electron chi connectivity index (χ3n) is 5.59. The van der Waals surface area contributed by atoms with Crippen LogP contribution in [0.4, 0.5) is 10.6 Å². The lowest BCUT2D eigenvalue weighted by Gasteiger charge is -2.33. The molecule has 1 aromatic heterocycles. The van der Waals surface area contributed by atoms with Gasteiger partial charge in [-0.15, -0.1) is 0 Å². The lowest BCUT2D eigenvalue weighted by molar-refractivity contribution is -0.121. The number of carbonyl (C=O) groups excluding carboxylic acids is 2.